The van der Waals surface area contributed by atoms with Crippen molar-refractivity contribution < 1.29 is 28.5 Å². The topological polar surface area (TPSA) is 69.7 Å². The van der Waals surface area contributed by atoms with Crippen molar-refractivity contribution >= 4 is 6.09 Å². The first-order chi connectivity index (χ1) is 20.4. The van der Waals surface area contributed by atoms with Gasteiger partial charge >= 0.3 is 6.09 Å². The van der Waals surface area contributed by atoms with Crippen molar-refractivity contribution in [2.45, 2.75) is 76.7 Å². The van der Waals surface area contributed by atoms with E-state index in [1.165, 1.54) is 0 Å². The van der Waals surface area contributed by atoms with Crippen LogP contribution in [0.3, 0.4) is 0 Å². The van der Waals surface area contributed by atoms with E-state index in [4.69, 9.17) is 23.7 Å². The quantitative estimate of drug-likeness (QED) is 0.315. The summed E-state index contributed by atoms with van der Waals surface area (Å²) in [6.45, 7) is 7.67. The van der Waals surface area contributed by atoms with Gasteiger partial charge < -0.3 is 23.7 Å². The molecule has 6 atom stereocenters. The standard InChI is InChI=1S/C34H40N2O6/c1-4-39-33(37)36-27(23-38-21-25-16-10-6-11-17-25)28-29(35(36)20-24-14-8-5-9-15-24)31(32-30(28)41-34(2,3)42-32)40-22-26-18-12-7-13-19-26/h5-19,27-32H,4,20-23H2,1-3H3/t27-,28+,29-,30-,31+,32-/m0/s1. The molecule has 3 aromatic carbocycles. The minimum Gasteiger partial charge on any atom is -0.449 e. The minimum atomic E-state index is -0.772. The summed E-state index contributed by atoms with van der Waals surface area (Å²) in [5.74, 6) is -0.896. The van der Waals surface area contributed by atoms with Crippen LogP contribution in [-0.4, -0.2) is 65.5 Å². The molecule has 222 valence electrons. The number of hydrazine groups is 1. The molecule has 1 saturated carbocycles. The zero-order chi connectivity index (χ0) is 29.1. The number of carbonyl (C=O) groups is 1. The number of benzene rings is 3. The summed E-state index contributed by atoms with van der Waals surface area (Å²) in [6, 6.07) is 29.8. The van der Waals surface area contributed by atoms with Gasteiger partial charge in [0.05, 0.1) is 44.6 Å². The highest BCUT2D eigenvalue weighted by Crippen LogP contribution is 2.51. The summed E-state index contributed by atoms with van der Waals surface area (Å²) in [5.41, 5.74) is 3.23. The highest BCUT2D eigenvalue weighted by molar-refractivity contribution is 5.68. The van der Waals surface area contributed by atoms with Gasteiger partial charge in [-0.05, 0) is 37.5 Å². The maximum absolute atomic E-state index is 13.7. The second kappa shape index (κ2) is 12.5. The third-order valence-electron chi connectivity index (χ3n) is 8.30. The van der Waals surface area contributed by atoms with Crippen LogP contribution >= 0.6 is 0 Å². The summed E-state index contributed by atoms with van der Waals surface area (Å²) in [4.78, 5) is 13.7. The Morgan fingerprint density at radius 1 is 0.810 bits per heavy atom. The first-order valence-electron chi connectivity index (χ1n) is 14.8. The van der Waals surface area contributed by atoms with Crippen molar-refractivity contribution in [3.05, 3.63) is 108 Å². The van der Waals surface area contributed by atoms with Gasteiger partial charge in [0, 0.05) is 12.5 Å². The second-order valence-electron chi connectivity index (χ2n) is 11.6. The van der Waals surface area contributed by atoms with Gasteiger partial charge in [0.25, 0.3) is 0 Å². The molecule has 42 heavy (non-hydrogen) atoms. The maximum atomic E-state index is 13.7. The van der Waals surface area contributed by atoms with Gasteiger partial charge in [-0.3, -0.25) is 0 Å². The van der Waals surface area contributed by atoms with Crippen molar-refractivity contribution in [3.63, 3.8) is 0 Å². The number of fused-ring (bicyclic) bond motifs is 3. The Kier molecular flexibility index (Phi) is 8.60. The molecule has 3 aliphatic rings. The lowest BCUT2D eigenvalue weighted by atomic mass is 9.94. The lowest BCUT2D eigenvalue weighted by Gasteiger charge is -2.37. The molecule has 6 rings (SSSR count). The van der Waals surface area contributed by atoms with Crippen LogP contribution in [0.15, 0.2) is 91.0 Å². The normalized spacial score (nSPS) is 28.0. The fourth-order valence-electron chi connectivity index (χ4n) is 6.68. The van der Waals surface area contributed by atoms with Crippen LogP contribution in [0, 0.1) is 5.92 Å². The molecule has 3 fully saturated rings. The number of amides is 1. The van der Waals surface area contributed by atoms with Crippen molar-refractivity contribution in [3.8, 4) is 0 Å². The van der Waals surface area contributed by atoms with Gasteiger partial charge in [-0.2, -0.15) is 0 Å². The van der Waals surface area contributed by atoms with Gasteiger partial charge in [0.2, 0.25) is 0 Å². The lowest BCUT2D eigenvalue weighted by Crippen LogP contribution is -2.53. The number of ether oxygens (including phenoxy) is 5. The Bertz CT molecular complexity index is 1310. The number of hydrogen-bond acceptors (Lipinski definition) is 7. The maximum Gasteiger partial charge on any atom is 0.424 e. The van der Waals surface area contributed by atoms with Gasteiger partial charge in [0.1, 0.15) is 12.2 Å². The third-order valence-corrected chi connectivity index (χ3v) is 8.30. The second-order valence-corrected chi connectivity index (χ2v) is 11.6. The predicted octanol–water partition coefficient (Wildman–Crippen LogP) is 5.57. The third kappa shape index (κ3) is 5.96. The van der Waals surface area contributed by atoms with Crippen LogP contribution < -0.4 is 0 Å². The summed E-state index contributed by atoms with van der Waals surface area (Å²) in [6.07, 6.45) is -1.32. The summed E-state index contributed by atoms with van der Waals surface area (Å²) >= 11 is 0. The van der Waals surface area contributed by atoms with Crippen LogP contribution in [0.4, 0.5) is 4.79 Å². The molecule has 1 aliphatic carbocycles. The van der Waals surface area contributed by atoms with Gasteiger partial charge in [0.15, 0.2) is 5.79 Å². The zero-order valence-electron chi connectivity index (χ0n) is 24.5. The van der Waals surface area contributed by atoms with Crippen LogP contribution in [-0.2, 0) is 43.4 Å². The molecular weight excluding hydrogens is 532 g/mol. The molecule has 8 nitrogen and oxygen atoms in total. The molecule has 8 heteroatoms. The SMILES string of the molecule is CCOC(=O)N1[C@@H](COCc2ccccc2)[C@H]2[C@@H]3OC(C)(C)O[C@@H]3[C@H](OCc3ccccc3)[C@H]2N1Cc1ccccc1. The monoisotopic (exact) mass is 572 g/mol. The van der Waals surface area contributed by atoms with E-state index in [9.17, 15) is 4.79 Å². The van der Waals surface area contributed by atoms with Gasteiger partial charge in [-0.15, -0.1) is 0 Å². The molecule has 2 saturated heterocycles. The van der Waals surface area contributed by atoms with Crippen molar-refractivity contribution in [1.82, 2.24) is 10.0 Å². The molecule has 0 aromatic heterocycles. The van der Waals surface area contributed by atoms with Crippen molar-refractivity contribution in [2.24, 2.45) is 5.92 Å². The van der Waals surface area contributed by atoms with Crippen LogP contribution in [0.1, 0.15) is 37.5 Å². The number of rotatable bonds is 10. The smallest absolute Gasteiger partial charge is 0.424 e. The molecule has 2 aliphatic heterocycles. The molecule has 3 aromatic rings. The Labute approximate surface area is 248 Å². The van der Waals surface area contributed by atoms with E-state index < -0.39 is 11.9 Å². The molecule has 0 radical (unpaired) electrons. The van der Waals surface area contributed by atoms with E-state index in [-0.39, 0.29) is 42.9 Å². The Hall–Kier alpha value is -3.27. The van der Waals surface area contributed by atoms with E-state index in [1.807, 2.05) is 87.5 Å². The number of carbonyl (C=O) groups excluding carboxylic acids is 1. The number of hydrogen-bond donors (Lipinski definition) is 0. The summed E-state index contributed by atoms with van der Waals surface area (Å²) < 4.78 is 31.8. The first kappa shape index (κ1) is 28.8. The molecule has 0 bridgehead atoms. The molecule has 0 spiro atoms. The van der Waals surface area contributed by atoms with Crippen molar-refractivity contribution in [1.29, 1.82) is 0 Å². The van der Waals surface area contributed by atoms with Crippen LogP contribution in [0.5, 0.6) is 0 Å². The van der Waals surface area contributed by atoms with Gasteiger partial charge in [-0.1, -0.05) is 91.0 Å². The largest absolute Gasteiger partial charge is 0.449 e. The first-order valence-corrected chi connectivity index (χ1v) is 14.8. The van der Waals surface area contributed by atoms with E-state index in [0.29, 0.717) is 26.4 Å². The van der Waals surface area contributed by atoms with Gasteiger partial charge in [-0.25, -0.2) is 14.8 Å². The van der Waals surface area contributed by atoms with E-state index in [2.05, 4.69) is 29.3 Å². The summed E-state index contributed by atoms with van der Waals surface area (Å²) in [7, 11) is 0. The molecular formula is C34H40N2O6. The number of nitrogens with zero attached hydrogens (tertiary/aromatic N) is 2. The molecule has 2 heterocycles. The highest BCUT2D eigenvalue weighted by atomic mass is 16.8. The Morgan fingerprint density at radius 3 is 2.00 bits per heavy atom. The fourth-order valence-corrected chi connectivity index (χ4v) is 6.68. The minimum absolute atomic E-state index is 0.124. The van der Waals surface area contributed by atoms with E-state index >= 15 is 0 Å². The van der Waals surface area contributed by atoms with E-state index in [1.54, 1.807) is 5.01 Å². The zero-order valence-corrected chi connectivity index (χ0v) is 24.5. The highest BCUT2D eigenvalue weighted by Gasteiger charge is 2.68. The lowest BCUT2D eigenvalue weighted by molar-refractivity contribution is -0.181. The average Bonchev–Trinajstić information content (AvgIpc) is 3.58. The van der Waals surface area contributed by atoms with Crippen LogP contribution in [0.2, 0.25) is 0 Å². The fraction of sp³-hybridized carbons (Fsp3) is 0.441. The molecule has 0 N–H and O–H groups in total. The molecule has 1 amide bonds. The summed E-state index contributed by atoms with van der Waals surface area (Å²) in [5, 5.41) is 3.88. The predicted molar refractivity (Wildman–Crippen MR) is 157 cm³/mol. The average molecular weight is 573 g/mol. The molecule has 0 unspecified atom stereocenters. The Balaban J connectivity index is 1.36. The van der Waals surface area contributed by atoms with Crippen molar-refractivity contribution in [2.75, 3.05) is 13.2 Å². The Morgan fingerprint density at radius 2 is 1.38 bits per heavy atom. The van der Waals surface area contributed by atoms with Crippen LogP contribution in [0.25, 0.3) is 0 Å². The van der Waals surface area contributed by atoms with E-state index in [0.717, 1.165) is 16.7 Å².